The van der Waals surface area contributed by atoms with Gasteiger partial charge in [0.1, 0.15) is 0 Å². The largest absolute Gasteiger partial charge is 0.351 e. The molecular formula is C15H25NO. The number of rotatable bonds is 6. The van der Waals surface area contributed by atoms with Gasteiger partial charge in [0.25, 0.3) is 0 Å². The van der Waals surface area contributed by atoms with Gasteiger partial charge in [-0.3, -0.25) is 4.79 Å². The van der Waals surface area contributed by atoms with Crippen molar-refractivity contribution >= 4 is 5.91 Å². The molecule has 0 radical (unpaired) electrons. The minimum Gasteiger partial charge on any atom is -0.351 e. The number of nitrogens with one attached hydrogen (secondary N) is 1. The van der Waals surface area contributed by atoms with Crippen molar-refractivity contribution in [2.24, 2.45) is 0 Å². The van der Waals surface area contributed by atoms with Crippen molar-refractivity contribution in [3.05, 3.63) is 36.0 Å². The summed E-state index contributed by atoms with van der Waals surface area (Å²) in [5.41, 5.74) is 1.01. The Morgan fingerprint density at radius 3 is 2.35 bits per heavy atom. The normalized spacial score (nSPS) is 13.6. The Kier molecular flexibility index (Phi) is 7.27. The molecule has 0 fully saturated rings. The van der Waals surface area contributed by atoms with E-state index in [4.69, 9.17) is 0 Å². The molecule has 0 saturated carbocycles. The molecule has 0 aliphatic carbocycles. The standard InChI is InChI=1S/C15H25NO/c1-6-9-11-13(10-7-2)12-15(4,5)16-14(17)8-3/h6-7,9-11H,8,12H2,1-5H3,(H,16,17)/b9-6-,10-7-,13-11+. The van der Waals surface area contributed by atoms with E-state index in [0.29, 0.717) is 6.42 Å². The molecule has 0 aromatic carbocycles. The minimum absolute atomic E-state index is 0.0980. The van der Waals surface area contributed by atoms with Gasteiger partial charge in [-0.05, 0) is 39.7 Å². The predicted molar refractivity (Wildman–Crippen MR) is 74.8 cm³/mol. The Hall–Kier alpha value is -1.31. The van der Waals surface area contributed by atoms with E-state index < -0.39 is 0 Å². The molecule has 0 bridgehead atoms. The van der Waals surface area contributed by atoms with Gasteiger partial charge in [-0.1, -0.05) is 37.3 Å². The second kappa shape index (κ2) is 7.88. The van der Waals surface area contributed by atoms with Crippen molar-refractivity contribution in [1.82, 2.24) is 5.32 Å². The van der Waals surface area contributed by atoms with E-state index in [1.54, 1.807) is 0 Å². The lowest BCUT2D eigenvalue weighted by Gasteiger charge is -2.26. The van der Waals surface area contributed by atoms with Crippen molar-refractivity contribution in [3.63, 3.8) is 0 Å². The van der Waals surface area contributed by atoms with E-state index in [1.807, 2.05) is 52.8 Å². The highest BCUT2D eigenvalue weighted by Gasteiger charge is 2.20. The second-order valence-corrected chi connectivity index (χ2v) is 4.73. The van der Waals surface area contributed by atoms with E-state index in [-0.39, 0.29) is 11.4 Å². The number of hydrogen-bond donors (Lipinski definition) is 1. The summed E-state index contributed by atoms with van der Waals surface area (Å²) in [6.07, 6.45) is 11.6. The van der Waals surface area contributed by atoms with Crippen LogP contribution in [0.4, 0.5) is 0 Å². The molecule has 0 aromatic heterocycles. The fourth-order valence-corrected chi connectivity index (χ4v) is 1.63. The number of carbonyl (C=O) groups excluding carboxylic acids is 1. The van der Waals surface area contributed by atoms with E-state index in [1.165, 1.54) is 5.57 Å². The van der Waals surface area contributed by atoms with Crippen molar-refractivity contribution < 1.29 is 4.79 Å². The van der Waals surface area contributed by atoms with Gasteiger partial charge >= 0.3 is 0 Å². The summed E-state index contributed by atoms with van der Waals surface area (Å²) in [5.74, 6) is 0.0980. The first-order chi connectivity index (χ1) is 7.95. The van der Waals surface area contributed by atoms with Crippen LogP contribution >= 0.6 is 0 Å². The first-order valence-electron chi connectivity index (χ1n) is 6.20. The Labute approximate surface area is 105 Å². The van der Waals surface area contributed by atoms with E-state index >= 15 is 0 Å². The molecule has 0 aliphatic rings. The van der Waals surface area contributed by atoms with Gasteiger partial charge < -0.3 is 5.32 Å². The average Bonchev–Trinajstić information content (AvgIpc) is 2.25. The van der Waals surface area contributed by atoms with Crippen LogP contribution < -0.4 is 5.32 Å². The highest BCUT2D eigenvalue weighted by atomic mass is 16.1. The maximum absolute atomic E-state index is 11.4. The molecule has 0 spiro atoms. The third-order valence-electron chi connectivity index (χ3n) is 2.33. The van der Waals surface area contributed by atoms with Gasteiger partial charge in [-0.2, -0.15) is 0 Å². The van der Waals surface area contributed by atoms with Crippen LogP contribution in [0.25, 0.3) is 0 Å². The maximum atomic E-state index is 11.4. The van der Waals surface area contributed by atoms with Crippen molar-refractivity contribution in [2.75, 3.05) is 0 Å². The van der Waals surface area contributed by atoms with Crippen LogP contribution in [0.5, 0.6) is 0 Å². The van der Waals surface area contributed by atoms with Crippen molar-refractivity contribution in [2.45, 2.75) is 53.0 Å². The molecule has 0 unspecified atom stereocenters. The molecular weight excluding hydrogens is 210 g/mol. The van der Waals surface area contributed by atoms with E-state index in [0.717, 1.165) is 6.42 Å². The topological polar surface area (TPSA) is 29.1 Å². The van der Waals surface area contributed by atoms with Gasteiger partial charge in [0.2, 0.25) is 5.91 Å². The van der Waals surface area contributed by atoms with E-state index in [2.05, 4.69) is 17.5 Å². The molecule has 2 heteroatoms. The molecule has 0 rings (SSSR count). The van der Waals surface area contributed by atoms with Gasteiger partial charge in [-0.15, -0.1) is 0 Å². The van der Waals surface area contributed by atoms with Gasteiger partial charge in [0.15, 0.2) is 0 Å². The monoisotopic (exact) mass is 235 g/mol. The molecule has 0 aliphatic heterocycles. The van der Waals surface area contributed by atoms with E-state index in [9.17, 15) is 4.79 Å². The minimum atomic E-state index is -0.208. The zero-order valence-electron chi connectivity index (χ0n) is 11.7. The number of hydrogen-bond acceptors (Lipinski definition) is 1. The van der Waals surface area contributed by atoms with Crippen LogP contribution in [0, 0.1) is 0 Å². The summed E-state index contributed by atoms with van der Waals surface area (Å²) in [7, 11) is 0. The zero-order valence-corrected chi connectivity index (χ0v) is 11.7. The van der Waals surface area contributed by atoms with Crippen LogP contribution in [-0.2, 0) is 4.79 Å². The first-order valence-corrected chi connectivity index (χ1v) is 6.20. The third kappa shape index (κ3) is 7.56. The molecule has 2 nitrogen and oxygen atoms in total. The Balaban J connectivity index is 4.68. The molecule has 0 saturated heterocycles. The first kappa shape index (κ1) is 15.7. The lowest BCUT2D eigenvalue weighted by atomic mass is 9.94. The fourth-order valence-electron chi connectivity index (χ4n) is 1.63. The SMILES string of the molecule is C\C=C/C=C(\C=C/C)CC(C)(C)NC(=O)CC. The summed E-state index contributed by atoms with van der Waals surface area (Å²) in [6.45, 7) is 9.96. The smallest absolute Gasteiger partial charge is 0.220 e. The molecule has 0 aromatic rings. The molecule has 1 amide bonds. The second-order valence-electron chi connectivity index (χ2n) is 4.73. The Morgan fingerprint density at radius 2 is 1.88 bits per heavy atom. The molecule has 96 valence electrons. The molecule has 17 heavy (non-hydrogen) atoms. The highest BCUT2D eigenvalue weighted by molar-refractivity contribution is 5.76. The molecule has 0 atom stereocenters. The number of allylic oxidation sites excluding steroid dienone is 5. The zero-order chi connectivity index (χ0) is 13.3. The lowest BCUT2D eigenvalue weighted by molar-refractivity contribution is -0.122. The van der Waals surface area contributed by atoms with Gasteiger partial charge in [0.05, 0.1) is 0 Å². The van der Waals surface area contributed by atoms with Crippen molar-refractivity contribution in [1.29, 1.82) is 0 Å². The quantitative estimate of drug-likeness (QED) is 0.698. The fraction of sp³-hybridized carbons (Fsp3) is 0.533. The highest BCUT2D eigenvalue weighted by Crippen LogP contribution is 2.17. The Bertz CT molecular complexity index is 322. The van der Waals surface area contributed by atoms with Crippen LogP contribution in [0.3, 0.4) is 0 Å². The molecule has 0 heterocycles. The number of amides is 1. The summed E-state index contributed by atoms with van der Waals surface area (Å²) >= 11 is 0. The summed E-state index contributed by atoms with van der Waals surface area (Å²) < 4.78 is 0. The summed E-state index contributed by atoms with van der Waals surface area (Å²) in [5, 5.41) is 3.03. The maximum Gasteiger partial charge on any atom is 0.220 e. The van der Waals surface area contributed by atoms with Gasteiger partial charge in [0, 0.05) is 12.0 Å². The van der Waals surface area contributed by atoms with Crippen LogP contribution in [0.1, 0.15) is 47.5 Å². The van der Waals surface area contributed by atoms with Crippen molar-refractivity contribution in [3.8, 4) is 0 Å². The Morgan fingerprint density at radius 1 is 1.24 bits per heavy atom. The molecule has 1 N–H and O–H groups in total. The van der Waals surface area contributed by atoms with Gasteiger partial charge in [-0.25, -0.2) is 0 Å². The van der Waals surface area contributed by atoms with Crippen LogP contribution in [0.2, 0.25) is 0 Å². The number of carbonyl (C=O) groups is 1. The van der Waals surface area contributed by atoms with Crippen LogP contribution in [0.15, 0.2) is 36.0 Å². The third-order valence-corrected chi connectivity index (χ3v) is 2.33. The lowest BCUT2D eigenvalue weighted by Crippen LogP contribution is -2.43. The average molecular weight is 235 g/mol. The summed E-state index contributed by atoms with van der Waals surface area (Å²) in [6, 6.07) is 0. The predicted octanol–water partition coefficient (Wildman–Crippen LogP) is 3.76. The van der Waals surface area contributed by atoms with Crippen LogP contribution in [-0.4, -0.2) is 11.4 Å². The summed E-state index contributed by atoms with van der Waals surface area (Å²) in [4.78, 5) is 11.4.